The second kappa shape index (κ2) is 9.41. The lowest BCUT2D eigenvalue weighted by Crippen LogP contribution is -2.27. The predicted molar refractivity (Wildman–Crippen MR) is 110 cm³/mol. The Labute approximate surface area is 160 Å². The first kappa shape index (κ1) is 19.2. The number of rotatable bonds is 9. The van der Waals surface area contributed by atoms with E-state index < -0.39 is 10.0 Å². The van der Waals surface area contributed by atoms with Gasteiger partial charge in [0.15, 0.2) is 0 Å². The van der Waals surface area contributed by atoms with Gasteiger partial charge in [0.1, 0.15) is 0 Å². The van der Waals surface area contributed by atoms with Crippen molar-refractivity contribution < 1.29 is 8.42 Å². The minimum absolute atomic E-state index is 0.293. The van der Waals surface area contributed by atoms with Crippen LogP contribution in [0, 0.1) is 0 Å². The molecule has 0 aliphatic carbocycles. The highest BCUT2D eigenvalue weighted by molar-refractivity contribution is 7.89. The van der Waals surface area contributed by atoms with Crippen LogP contribution in [0.2, 0.25) is 0 Å². The number of aromatic nitrogens is 1. The van der Waals surface area contributed by atoms with Crippen molar-refractivity contribution in [2.24, 2.45) is 0 Å². The standard InChI is InChI=1S/C21H23N3O2S/c25-27(26,21-11-4-10-19-17-23-16-12-20(19)21)24-15-6-14-22-13-5-9-18-7-2-1-3-8-18/h1-5,7-12,16-17,22,24H,6,13-15H2/b9-5+. The Morgan fingerprint density at radius 3 is 2.67 bits per heavy atom. The highest BCUT2D eigenvalue weighted by Crippen LogP contribution is 2.21. The topological polar surface area (TPSA) is 71.1 Å². The van der Waals surface area contributed by atoms with Gasteiger partial charge in [-0.05, 0) is 30.7 Å². The molecule has 1 aromatic heterocycles. The molecule has 0 aliphatic rings. The van der Waals surface area contributed by atoms with Crippen LogP contribution in [0.4, 0.5) is 0 Å². The van der Waals surface area contributed by atoms with E-state index in [1.807, 2.05) is 24.3 Å². The Kier molecular flexibility index (Phi) is 6.70. The van der Waals surface area contributed by atoms with Gasteiger partial charge in [-0.2, -0.15) is 0 Å². The molecule has 0 radical (unpaired) electrons. The zero-order valence-electron chi connectivity index (χ0n) is 15.0. The maximum Gasteiger partial charge on any atom is 0.241 e. The molecule has 140 valence electrons. The molecule has 5 nitrogen and oxygen atoms in total. The van der Waals surface area contributed by atoms with E-state index in [4.69, 9.17) is 0 Å². The highest BCUT2D eigenvalue weighted by Gasteiger charge is 2.16. The summed E-state index contributed by atoms with van der Waals surface area (Å²) in [5.74, 6) is 0. The lowest BCUT2D eigenvalue weighted by atomic mass is 10.2. The molecule has 6 heteroatoms. The zero-order valence-corrected chi connectivity index (χ0v) is 15.8. The van der Waals surface area contributed by atoms with Crippen molar-refractivity contribution in [2.75, 3.05) is 19.6 Å². The molecule has 2 aromatic carbocycles. The molecule has 0 saturated heterocycles. The molecule has 2 N–H and O–H groups in total. The largest absolute Gasteiger partial charge is 0.313 e. The van der Waals surface area contributed by atoms with Crippen LogP contribution in [0.3, 0.4) is 0 Å². The third-order valence-electron chi connectivity index (χ3n) is 4.12. The van der Waals surface area contributed by atoms with Gasteiger partial charge in [0.2, 0.25) is 10.0 Å². The molecule has 1 heterocycles. The Morgan fingerprint density at radius 1 is 0.963 bits per heavy atom. The molecule has 0 bridgehead atoms. The fourth-order valence-electron chi connectivity index (χ4n) is 2.77. The Morgan fingerprint density at radius 2 is 1.81 bits per heavy atom. The number of benzene rings is 2. The number of hydrogen-bond acceptors (Lipinski definition) is 4. The maximum atomic E-state index is 12.6. The van der Waals surface area contributed by atoms with Crippen LogP contribution in [0.5, 0.6) is 0 Å². The van der Waals surface area contributed by atoms with Gasteiger partial charge in [0.25, 0.3) is 0 Å². The quantitative estimate of drug-likeness (QED) is 0.559. The fraction of sp³-hybridized carbons (Fsp3) is 0.190. The minimum atomic E-state index is -3.54. The van der Waals surface area contributed by atoms with Gasteiger partial charge in [-0.1, -0.05) is 54.6 Å². The number of pyridine rings is 1. The predicted octanol–water partition coefficient (Wildman–Crippen LogP) is 3.21. The van der Waals surface area contributed by atoms with Crippen LogP contribution in [0.25, 0.3) is 16.8 Å². The third kappa shape index (κ3) is 5.47. The van der Waals surface area contributed by atoms with Crippen LogP contribution in [-0.4, -0.2) is 33.0 Å². The van der Waals surface area contributed by atoms with Gasteiger partial charge >= 0.3 is 0 Å². The fourth-order valence-corrected chi connectivity index (χ4v) is 4.07. The van der Waals surface area contributed by atoms with E-state index in [-0.39, 0.29) is 0 Å². The molecule has 0 spiro atoms. The second-order valence-electron chi connectivity index (χ2n) is 6.12. The van der Waals surface area contributed by atoms with E-state index in [0.717, 1.165) is 24.0 Å². The van der Waals surface area contributed by atoms with Crippen molar-refractivity contribution >= 4 is 26.9 Å². The SMILES string of the molecule is O=S(=O)(NCCCNC/C=C/c1ccccc1)c1cccc2cnccc12. The van der Waals surface area contributed by atoms with Crippen LogP contribution in [-0.2, 0) is 10.0 Å². The van der Waals surface area contributed by atoms with Crippen molar-refractivity contribution in [1.29, 1.82) is 0 Å². The number of hydrogen-bond donors (Lipinski definition) is 2. The summed E-state index contributed by atoms with van der Waals surface area (Å²) in [6.07, 6.45) is 8.11. The summed E-state index contributed by atoms with van der Waals surface area (Å²) in [6.45, 7) is 1.87. The van der Waals surface area contributed by atoms with Gasteiger partial charge < -0.3 is 5.32 Å². The van der Waals surface area contributed by atoms with Crippen molar-refractivity contribution in [3.8, 4) is 0 Å². The summed E-state index contributed by atoms with van der Waals surface area (Å²) in [7, 11) is -3.54. The average Bonchev–Trinajstić information content (AvgIpc) is 2.70. The van der Waals surface area contributed by atoms with E-state index in [2.05, 4.69) is 39.3 Å². The Hall–Kier alpha value is -2.54. The molecular formula is C21H23N3O2S. The third-order valence-corrected chi connectivity index (χ3v) is 5.64. The lowest BCUT2D eigenvalue weighted by molar-refractivity contribution is 0.577. The first-order valence-electron chi connectivity index (χ1n) is 8.91. The van der Waals surface area contributed by atoms with Gasteiger partial charge in [-0.25, -0.2) is 13.1 Å². The summed E-state index contributed by atoms with van der Waals surface area (Å²) in [4.78, 5) is 4.33. The molecule has 0 aliphatic heterocycles. The van der Waals surface area contributed by atoms with Gasteiger partial charge in [0, 0.05) is 36.3 Å². The van der Waals surface area contributed by atoms with Crippen LogP contribution >= 0.6 is 0 Å². The number of nitrogens with zero attached hydrogens (tertiary/aromatic N) is 1. The summed E-state index contributed by atoms with van der Waals surface area (Å²) < 4.78 is 27.8. The highest BCUT2D eigenvalue weighted by atomic mass is 32.2. The van der Waals surface area contributed by atoms with Crippen molar-refractivity contribution in [1.82, 2.24) is 15.0 Å². The van der Waals surface area contributed by atoms with E-state index in [1.54, 1.807) is 30.6 Å². The number of fused-ring (bicyclic) bond motifs is 1. The Balaban J connectivity index is 1.44. The maximum absolute atomic E-state index is 12.6. The first-order chi connectivity index (χ1) is 13.2. The van der Waals surface area contributed by atoms with E-state index in [0.29, 0.717) is 23.2 Å². The minimum Gasteiger partial charge on any atom is -0.313 e. The zero-order chi connectivity index (χ0) is 19.0. The first-order valence-corrected chi connectivity index (χ1v) is 10.4. The van der Waals surface area contributed by atoms with Crippen molar-refractivity contribution in [3.05, 3.63) is 78.6 Å². The van der Waals surface area contributed by atoms with E-state index >= 15 is 0 Å². The Bertz CT molecular complexity index is 997. The molecule has 0 fully saturated rings. The monoisotopic (exact) mass is 381 g/mol. The van der Waals surface area contributed by atoms with Crippen LogP contribution < -0.4 is 10.0 Å². The van der Waals surface area contributed by atoms with Crippen molar-refractivity contribution in [3.63, 3.8) is 0 Å². The molecule has 3 aromatic rings. The van der Waals surface area contributed by atoms with E-state index in [1.165, 1.54) is 0 Å². The molecule has 3 rings (SSSR count). The van der Waals surface area contributed by atoms with Gasteiger partial charge in [0.05, 0.1) is 4.90 Å². The lowest BCUT2D eigenvalue weighted by Gasteiger charge is -2.09. The van der Waals surface area contributed by atoms with E-state index in [9.17, 15) is 8.42 Å². The number of nitrogens with one attached hydrogen (secondary N) is 2. The molecular weight excluding hydrogens is 358 g/mol. The summed E-state index contributed by atoms with van der Waals surface area (Å²) in [6, 6.07) is 17.0. The van der Waals surface area contributed by atoms with Gasteiger partial charge in [-0.3, -0.25) is 4.98 Å². The van der Waals surface area contributed by atoms with Gasteiger partial charge in [-0.15, -0.1) is 0 Å². The summed E-state index contributed by atoms with van der Waals surface area (Å²) in [5, 5.41) is 4.78. The van der Waals surface area contributed by atoms with Crippen molar-refractivity contribution in [2.45, 2.75) is 11.3 Å². The molecule has 27 heavy (non-hydrogen) atoms. The molecule has 0 unspecified atom stereocenters. The molecule has 0 saturated carbocycles. The molecule has 0 amide bonds. The molecule has 0 atom stereocenters. The summed E-state index contributed by atoms with van der Waals surface area (Å²) in [5.41, 5.74) is 1.16. The van der Waals surface area contributed by atoms with Crippen LogP contribution in [0.1, 0.15) is 12.0 Å². The average molecular weight is 382 g/mol. The smallest absolute Gasteiger partial charge is 0.241 e. The number of sulfonamides is 1. The van der Waals surface area contributed by atoms with Crippen LogP contribution in [0.15, 0.2) is 78.0 Å². The normalized spacial score (nSPS) is 12.0. The summed E-state index contributed by atoms with van der Waals surface area (Å²) >= 11 is 0. The second-order valence-corrected chi connectivity index (χ2v) is 7.86.